The molecule has 0 unspecified atom stereocenters. The van der Waals surface area contributed by atoms with E-state index in [-0.39, 0.29) is 22.3 Å². The summed E-state index contributed by atoms with van der Waals surface area (Å²) in [6.45, 7) is 11.4. The highest BCUT2D eigenvalue weighted by Gasteiger charge is 2.27. The van der Waals surface area contributed by atoms with Gasteiger partial charge in [-0.25, -0.2) is 8.42 Å². The highest BCUT2D eigenvalue weighted by molar-refractivity contribution is 7.91. The minimum Gasteiger partial charge on any atom is -0.381 e. The fourth-order valence-electron chi connectivity index (χ4n) is 2.35. The van der Waals surface area contributed by atoms with Gasteiger partial charge in [0.15, 0.2) is 9.84 Å². The van der Waals surface area contributed by atoms with E-state index in [4.69, 9.17) is 4.74 Å². The van der Waals surface area contributed by atoms with Gasteiger partial charge in [-0.3, -0.25) is 0 Å². The molecule has 3 nitrogen and oxygen atoms in total. The van der Waals surface area contributed by atoms with Gasteiger partial charge in [-0.1, -0.05) is 65.0 Å². The lowest BCUT2D eigenvalue weighted by atomic mass is 9.87. The third-order valence-electron chi connectivity index (χ3n) is 3.42. The Morgan fingerprint density at radius 3 is 2.14 bits per heavy atom. The Morgan fingerprint density at radius 2 is 1.59 bits per heavy atom. The lowest BCUT2D eigenvalue weighted by Crippen LogP contribution is -2.30. The summed E-state index contributed by atoms with van der Waals surface area (Å²) in [6.07, 6.45) is 0.559. The fourth-order valence-corrected chi connectivity index (χ4v) is 4.32. The molecule has 0 aliphatic heterocycles. The molecule has 0 spiro atoms. The Morgan fingerprint density at radius 1 is 1.00 bits per heavy atom. The normalized spacial score (nSPS) is 13.3. The molecule has 0 radical (unpaired) electrons. The molecular formula is C18H30O3S. The van der Waals surface area contributed by atoms with Crippen molar-refractivity contribution in [1.82, 2.24) is 0 Å². The van der Waals surface area contributed by atoms with Crippen LogP contribution in [0.4, 0.5) is 0 Å². The van der Waals surface area contributed by atoms with Crippen molar-refractivity contribution in [2.75, 3.05) is 24.7 Å². The van der Waals surface area contributed by atoms with Crippen molar-refractivity contribution in [3.8, 4) is 0 Å². The summed E-state index contributed by atoms with van der Waals surface area (Å²) in [5.74, 6) is 0.358. The number of rotatable bonds is 8. The second-order valence-corrected chi connectivity index (χ2v) is 9.99. The van der Waals surface area contributed by atoms with Crippen molar-refractivity contribution in [2.24, 2.45) is 5.41 Å². The molecule has 126 valence electrons. The molecular weight excluding hydrogens is 296 g/mol. The quantitative estimate of drug-likeness (QED) is 0.682. The van der Waals surface area contributed by atoms with Crippen LogP contribution in [0, 0.1) is 5.41 Å². The van der Waals surface area contributed by atoms with Crippen LogP contribution < -0.4 is 0 Å². The standard InChI is InChI=1S/C18H30O3S/c1-17(2,3)14-21-12-9-13-22(19,20)15-18(4,5)16-10-7-6-8-11-16/h6-8,10-11H,9,12-15H2,1-5H3. The molecule has 0 saturated carbocycles. The smallest absolute Gasteiger partial charge is 0.151 e. The Balaban J connectivity index is 2.47. The highest BCUT2D eigenvalue weighted by atomic mass is 32.2. The molecule has 0 amide bonds. The topological polar surface area (TPSA) is 43.4 Å². The monoisotopic (exact) mass is 326 g/mol. The van der Waals surface area contributed by atoms with E-state index in [0.717, 1.165) is 5.56 Å². The van der Waals surface area contributed by atoms with E-state index >= 15 is 0 Å². The van der Waals surface area contributed by atoms with Crippen molar-refractivity contribution >= 4 is 9.84 Å². The van der Waals surface area contributed by atoms with Crippen molar-refractivity contribution in [3.63, 3.8) is 0 Å². The van der Waals surface area contributed by atoms with Gasteiger partial charge in [-0.2, -0.15) is 0 Å². The van der Waals surface area contributed by atoms with Gasteiger partial charge in [0.1, 0.15) is 0 Å². The summed E-state index contributed by atoms with van der Waals surface area (Å²) in [5, 5.41) is 0. The van der Waals surface area contributed by atoms with Crippen LogP contribution in [0.3, 0.4) is 0 Å². The zero-order valence-corrected chi connectivity index (χ0v) is 15.4. The number of ether oxygens (including phenoxy) is 1. The van der Waals surface area contributed by atoms with Gasteiger partial charge in [0.2, 0.25) is 0 Å². The van der Waals surface area contributed by atoms with Crippen LogP contribution in [0.25, 0.3) is 0 Å². The molecule has 0 heterocycles. The summed E-state index contributed by atoms with van der Waals surface area (Å²) in [5.41, 5.74) is 0.808. The van der Waals surface area contributed by atoms with E-state index in [2.05, 4.69) is 20.8 Å². The van der Waals surface area contributed by atoms with Crippen LogP contribution in [0.2, 0.25) is 0 Å². The fraction of sp³-hybridized carbons (Fsp3) is 0.667. The summed E-state index contributed by atoms with van der Waals surface area (Å²) in [4.78, 5) is 0. The van der Waals surface area contributed by atoms with Crippen molar-refractivity contribution in [3.05, 3.63) is 35.9 Å². The highest BCUT2D eigenvalue weighted by Crippen LogP contribution is 2.25. The average molecular weight is 327 g/mol. The van der Waals surface area contributed by atoms with Gasteiger partial charge in [0, 0.05) is 12.0 Å². The van der Waals surface area contributed by atoms with Gasteiger partial charge in [0.05, 0.1) is 18.1 Å². The molecule has 4 heteroatoms. The lowest BCUT2D eigenvalue weighted by Gasteiger charge is -2.25. The molecule has 1 aromatic rings. The summed E-state index contributed by atoms with van der Waals surface area (Å²) >= 11 is 0. The van der Waals surface area contributed by atoms with Crippen LogP contribution in [0.15, 0.2) is 30.3 Å². The summed E-state index contributed by atoms with van der Waals surface area (Å²) < 4.78 is 30.2. The summed E-state index contributed by atoms with van der Waals surface area (Å²) in [6, 6.07) is 9.82. The SMILES string of the molecule is CC(C)(C)COCCCS(=O)(=O)CC(C)(C)c1ccccc1. The number of benzene rings is 1. The lowest BCUT2D eigenvalue weighted by molar-refractivity contribution is 0.0720. The molecule has 0 bridgehead atoms. The number of hydrogen-bond donors (Lipinski definition) is 0. The zero-order chi connectivity index (χ0) is 16.9. The first-order valence-electron chi connectivity index (χ1n) is 7.86. The first-order chi connectivity index (χ1) is 10.0. The molecule has 0 fully saturated rings. The van der Waals surface area contributed by atoms with Crippen molar-refractivity contribution in [2.45, 2.75) is 46.5 Å². The average Bonchev–Trinajstić information content (AvgIpc) is 2.36. The molecule has 1 aromatic carbocycles. The van der Waals surface area contributed by atoms with Crippen LogP contribution in [-0.4, -0.2) is 33.1 Å². The molecule has 0 saturated heterocycles. The Labute approximate surface area is 136 Å². The Hall–Kier alpha value is -0.870. The Kier molecular flexibility index (Phi) is 6.63. The Bertz CT molecular complexity index is 539. The zero-order valence-electron chi connectivity index (χ0n) is 14.6. The van der Waals surface area contributed by atoms with Crippen LogP contribution in [0.1, 0.15) is 46.6 Å². The van der Waals surface area contributed by atoms with Crippen LogP contribution >= 0.6 is 0 Å². The van der Waals surface area contributed by atoms with Crippen molar-refractivity contribution in [1.29, 1.82) is 0 Å². The first kappa shape index (κ1) is 19.2. The molecule has 0 aliphatic carbocycles. The maximum atomic E-state index is 12.3. The molecule has 1 rings (SSSR count). The van der Waals surface area contributed by atoms with Crippen LogP contribution in [-0.2, 0) is 20.0 Å². The second kappa shape index (κ2) is 7.60. The summed E-state index contributed by atoms with van der Waals surface area (Å²) in [7, 11) is -3.08. The third kappa shape index (κ3) is 7.41. The van der Waals surface area contributed by atoms with Gasteiger partial charge < -0.3 is 4.74 Å². The maximum absolute atomic E-state index is 12.3. The minimum absolute atomic E-state index is 0.119. The van der Waals surface area contributed by atoms with E-state index in [1.54, 1.807) is 0 Å². The predicted molar refractivity (Wildman–Crippen MR) is 93.0 cm³/mol. The first-order valence-corrected chi connectivity index (χ1v) is 9.68. The third-order valence-corrected chi connectivity index (χ3v) is 5.49. The number of hydrogen-bond acceptors (Lipinski definition) is 3. The largest absolute Gasteiger partial charge is 0.381 e. The molecule has 0 aromatic heterocycles. The van der Waals surface area contributed by atoms with E-state index in [9.17, 15) is 8.42 Å². The second-order valence-electron chi connectivity index (χ2n) is 7.81. The van der Waals surface area contributed by atoms with Crippen molar-refractivity contribution < 1.29 is 13.2 Å². The maximum Gasteiger partial charge on any atom is 0.151 e. The van der Waals surface area contributed by atoms with E-state index < -0.39 is 9.84 Å². The van der Waals surface area contributed by atoms with Gasteiger partial charge in [-0.15, -0.1) is 0 Å². The van der Waals surface area contributed by atoms with E-state index in [1.807, 2.05) is 44.2 Å². The van der Waals surface area contributed by atoms with E-state index in [0.29, 0.717) is 19.6 Å². The van der Waals surface area contributed by atoms with Crippen LogP contribution in [0.5, 0.6) is 0 Å². The molecule has 0 aliphatic rings. The minimum atomic E-state index is -3.08. The molecule has 0 atom stereocenters. The van der Waals surface area contributed by atoms with Gasteiger partial charge >= 0.3 is 0 Å². The molecule has 0 N–H and O–H groups in total. The van der Waals surface area contributed by atoms with Gasteiger partial charge in [-0.05, 0) is 17.4 Å². The van der Waals surface area contributed by atoms with E-state index in [1.165, 1.54) is 0 Å². The predicted octanol–water partition coefficient (Wildman–Crippen LogP) is 3.83. The molecule has 22 heavy (non-hydrogen) atoms. The van der Waals surface area contributed by atoms with Gasteiger partial charge in [0.25, 0.3) is 0 Å². The number of sulfone groups is 1.